The summed E-state index contributed by atoms with van der Waals surface area (Å²) in [6, 6.07) is 4.18. The van der Waals surface area contributed by atoms with E-state index in [0.29, 0.717) is 32.7 Å². The lowest BCUT2D eigenvalue weighted by Gasteiger charge is -2.28. The zero-order chi connectivity index (χ0) is 16.2. The number of carbonyl (C=O) groups excluding carboxylic acids is 2. The van der Waals surface area contributed by atoms with Crippen LogP contribution < -0.4 is 0 Å². The van der Waals surface area contributed by atoms with Gasteiger partial charge in [-0.1, -0.05) is 12.1 Å². The van der Waals surface area contributed by atoms with Crippen LogP contribution in [0.1, 0.15) is 17.7 Å². The molecule has 1 unspecified atom stereocenters. The van der Waals surface area contributed by atoms with Gasteiger partial charge in [-0.2, -0.15) is 0 Å². The highest BCUT2D eigenvalue weighted by Gasteiger charge is 2.36. The Labute approximate surface area is 140 Å². The van der Waals surface area contributed by atoms with Gasteiger partial charge in [-0.25, -0.2) is 0 Å². The Kier molecular flexibility index (Phi) is 5.13. The van der Waals surface area contributed by atoms with E-state index < -0.39 is 0 Å². The maximum absolute atomic E-state index is 12.6. The summed E-state index contributed by atoms with van der Waals surface area (Å²) >= 11 is 1.74. The lowest BCUT2D eigenvalue weighted by atomic mass is 10.0. The van der Waals surface area contributed by atoms with Crippen LogP contribution in [0.25, 0.3) is 5.57 Å². The Morgan fingerprint density at radius 2 is 2.35 bits per heavy atom. The van der Waals surface area contributed by atoms with E-state index in [1.807, 2.05) is 4.90 Å². The highest BCUT2D eigenvalue weighted by atomic mass is 32.1. The molecule has 1 saturated heterocycles. The van der Waals surface area contributed by atoms with Crippen LogP contribution in [0, 0.1) is 5.92 Å². The zero-order valence-corrected chi connectivity index (χ0v) is 14.2. The largest absolute Gasteiger partial charge is 0.383 e. The van der Waals surface area contributed by atoms with Gasteiger partial charge in [-0.15, -0.1) is 11.3 Å². The monoisotopic (exact) mass is 334 g/mol. The van der Waals surface area contributed by atoms with E-state index in [1.165, 1.54) is 10.5 Å². The Morgan fingerprint density at radius 1 is 1.48 bits per heavy atom. The molecule has 0 aromatic carbocycles. The normalized spacial score (nSPS) is 21.7. The molecule has 1 fully saturated rings. The Morgan fingerprint density at radius 3 is 3.00 bits per heavy atom. The van der Waals surface area contributed by atoms with Crippen LogP contribution in [0.5, 0.6) is 0 Å². The molecule has 0 radical (unpaired) electrons. The van der Waals surface area contributed by atoms with E-state index in [-0.39, 0.29) is 17.7 Å². The topological polar surface area (TPSA) is 49.9 Å². The van der Waals surface area contributed by atoms with Crippen molar-refractivity contribution in [1.29, 1.82) is 0 Å². The van der Waals surface area contributed by atoms with Crippen molar-refractivity contribution in [3.63, 3.8) is 0 Å². The molecule has 5 nitrogen and oxygen atoms in total. The van der Waals surface area contributed by atoms with E-state index in [1.54, 1.807) is 23.3 Å². The fraction of sp³-hybridized carbons (Fsp3) is 0.529. The third kappa shape index (κ3) is 3.64. The molecule has 2 aliphatic rings. The molecule has 2 aliphatic heterocycles. The summed E-state index contributed by atoms with van der Waals surface area (Å²) in [5, 5.41) is 2.08. The number of hydrogen-bond acceptors (Lipinski definition) is 4. The van der Waals surface area contributed by atoms with Crippen molar-refractivity contribution in [1.82, 2.24) is 9.80 Å². The average molecular weight is 334 g/mol. The molecular weight excluding hydrogens is 312 g/mol. The molecule has 0 saturated carbocycles. The van der Waals surface area contributed by atoms with Crippen molar-refractivity contribution in [2.75, 3.05) is 39.9 Å². The number of hydrogen-bond donors (Lipinski definition) is 0. The van der Waals surface area contributed by atoms with Crippen molar-refractivity contribution in [2.24, 2.45) is 5.92 Å². The number of methoxy groups -OCH3 is 1. The first-order valence-corrected chi connectivity index (χ1v) is 8.85. The number of rotatable bonds is 5. The maximum atomic E-state index is 12.6. The van der Waals surface area contributed by atoms with Crippen molar-refractivity contribution >= 4 is 28.7 Å². The molecule has 1 atom stereocenters. The number of ether oxygens (including phenoxy) is 1. The molecule has 0 aliphatic carbocycles. The molecule has 0 N–H and O–H groups in total. The number of carbonyl (C=O) groups is 2. The second-order valence-electron chi connectivity index (χ2n) is 5.97. The number of thiophene rings is 1. The summed E-state index contributed by atoms with van der Waals surface area (Å²) in [6.45, 7) is 3.00. The lowest BCUT2D eigenvalue weighted by molar-refractivity contribution is -0.135. The van der Waals surface area contributed by atoms with Crippen molar-refractivity contribution in [2.45, 2.75) is 12.8 Å². The summed E-state index contributed by atoms with van der Waals surface area (Å²) in [5.74, 6) is -0.0250. The molecule has 3 rings (SSSR count). The SMILES string of the molecule is COCCN1CC(C(=O)N2CC=C(c3cccs3)CC2)CC1=O. The molecule has 1 aromatic rings. The van der Waals surface area contributed by atoms with Crippen LogP contribution >= 0.6 is 11.3 Å². The quantitative estimate of drug-likeness (QED) is 0.826. The van der Waals surface area contributed by atoms with Crippen molar-refractivity contribution in [3.8, 4) is 0 Å². The predicted molar refractivity (Wildman–Crippen MR) is 90.1 cm³/mol. The molecule has 124 valence electrons. The van der Waals surface area contributed by atoms with E-state index >= 15 is 0 Å². The minimum Gasteiger partial charge on any atom is -0.383 e. The van der Waals surface area contributed by atoms with Gasteiger partial charge >= 0.3 is 0 Å². The Bertz CT molecular complexity index is 597. The number of nitrogens with zero attached hydrogens (tertiary/aromatic N) is 2. The van der Waals surface area contributed by atoms with Gasteiger partial charge in [0.25, 0.3) is 0 Å². The Balaban J connectivity index is 1.57. The van der Waals surface area contributed by atoms with Crippen LogP contribution in [-0.4, -0.2) is 61.5 Å². The minimum absolute atomic E-state index is 0.0622. The second kappa shape index (κ2) is 7.27. The highest BCUT2D eigenvalue weighted by Crippen LogP contribution is 2.28. The molecule has 2 amide bonds. The molecule has 0 spiro atoms. The van der Waals surface area contributed by atoms with Crippen LogP contribution in [-0.2, 0) is 14.3 Å². The van der Waals surface area contributed by atoms with Crippen molar-refractivity contribution in [3.05, 3.63) is 28.5 Å². The Hall–Kier alpha value is -1.66. The van der Waals surface area contributed by atoms with Gasteiger partial charge in [0.15, 0.2) is 0 Å². The fourth-order valence-electron chi connectivity index (χ4n) is 3.17. The van der Waals surface area contributed by atoms with Crippen molar-refractivity contribution < 1.29 is 14.3 Å². The summed E-state index contributed by atoms with van der Waals surface area (Å²) in [7, 11) is 1.62. The van der Waals surface area contributed by atoms with Crippen LogP contribution in [0.2, 0.25) is 0 Å². The molecule has 1 aromatic heterocycles. The average Bonchev–Trinajstić information content (AvgIpc) is 3.22. The standard InChI is InChI=1S/C17H22N2O3S/c1-22-9-8-19-12-14(11-16(19)20)17(21)18-6-4-13(5-7-18)15-3-2-10-23-15/h2-4,10,14H,5-9,11-12H2,1H3. The molecule has 23 heavy (non-hydrogen) atoms. The third-order valence-corrected chi connectivity index (χ3v) is 5.43. The van der Waals surface area contributed by atoms with Gasteiger partial charge in [0.05, 0.1) is 12.5 Å². The van der Waals surface area contributed by atoms with Gasteiger partial charge in [0.2, 0.25) is 11.8 Å². The zero-order valence-electron chi connectivity index (χ0n) is 13.4. The smallest absolute Gasteiger partial charge is 0.228 e. The number of likely N-dealkylation sites (tertiary alicyclic amines) is 1. The summed E-state index contributed by atoms with van der Waals surface area (Å²) in [5.41, 5.74) is 1.33. The van der Waals surface area contributed by atoms with Gasteiger partial charge in [-0.05, 0) is 23.4 Å². The molecular formula is C17H22N2O3S. The second-order valence-corrected chi connectivity index (χ2v) is 6.92. The van der Waals surface area contributed by atoms with E-state index in [0.717, 1.165) is 13.0 Å². The molecule has 0 bridgehead atoms. The maximum Gasteiger partial charge on any atom is 0.228 e. The molecule has 3 heterocycles. The van der Waals surface area contributed by atoms with Gasteiger partial charge < -0.3 is 14.5 Å². The summed E-state index contributed by atoms with van der Waals surface area (Å²) in [6.07, 6.45) is 3.37. The highest BCUT2D eigenvalue weighted by molar-refractivity contribution is 7.11. The summed E-state index contributed by atoms with van der Waals surface area (Å²) < 4.78 is 5.02. The molecule has 6 heteroatoms. The predicted octanol–water partition coefficient (Wildman–Crippen LogP) is 1.86. The lowest BCUT2D eigenvalue weighted by Crippen LogP contribution is -2.40. The van der Waals surface area contributed by atoms with Crippen LogP contribution in [0.3, 0.4) is 0 Å². The van der Waals surface area contributed by atoms with Crippen LogP contribution in [0.15, 0.2) is 23.6 Å². The first kappa shape index (κ1) is 16.2. The van der Waals surface area contributed by atoms with E-state index in [9.17, 15) is 9.59 Å². The van der Waals surface area contributed by atoms with Gasteiger partial charge in [-0.3, -0.25) is 9.59 Å². The van der Waals surface area contributed by atoms with Crippen LogP contribution in [0.4, 0.5) is 0 Å². The minimum atomic E-state index is -0.198. The number of amides is 2. The van der Waals surface area contributed by atoms with E-state index in [2.05, 4.69) is 23.6 Å². The first-order valence-electron chi connectivity index (χ1n) is 7.97. The van der Waals surface area contributed by atoms with E-state index in [4.69, 9.17) is 4.74 Å². The first-order chi connectivity index (χ1) is 11.2. The third-order valence-electron chi connectivity index (χ3n) is 4.49. The fourth-order valence-corrected chi connectivity index (χ4v) is 3.97. The van der Waals surface area contributed by atoms with Gasteiger partial charge in [0, 0.05) is 44.6 Å². The van der Waals surface area contributed by atoms with Gasteiger partial charge in [0.1, 0.15) is 0 Å². The summed E-state index contributed by atoms with van der Waals surface area (Å²) in [4.78, 5) is 29.5.